The third-order valence-corrected chi connectivity index (χ3v) is 2.72. The maximum Gasteiger partial charge on any atom is 0.154 e. The third kappa shape index (κ3) is 2.63. The zero-order chi connectivity index (χ0) is 10.7. The summed E-state index contributed by atoms with van der Waals surface area (Å²) >= 11 is 0. The molecule has 0 spiro atoms. The van der Waals surface area contributed by atoms with Gasteiger partial charge in [0.2, 0.25) is 0 Å². The van der Waals surface area contributed by atoms with Crippen molar-refractivity contribution in [3.63, 3.8) is 0 Å². The molecule has 0 amide bonds. The summed E-state index contributed by atoms with van der Waals surface area (Å²) in [5.41, 5.74) is 0.758. The van der Waals surface area contributed by atoms with Crippen LogP contribution >= 0.6 is 0 Å². The van der Waals surface area contributed by atoms with Gasteiger partial charge in [-0.25, -0.2) is 4.39 Å². The Hall–Kier alpha value is -1.22. The predicted molar refractivity (Wildman–Crippen MR) is 56.1 cm³/mol. The minimum Gasteiger partial charge on any atom is -0.307 e. The van der Waals surface area contributed by atoms with Crippen LogP contribution in [0.1, 0.15) is 18.4 Å². The Morgan fingerprint density at radius 3 is 3.07 bits per heavy atom. The van der Waals surface area contributed by atoms with E-state index in [1.54, 1.807) is 12.1 Å². The molecule has 2 nitrogen and oxygen atoms in total. The smallest absolute Gasteiger partial charge is 0.154 e. The van der Waals surface area contributed by atoms with Crippen molar-refractivity contribution in [1.82, 2.24) is 5.32 Å². The molecule has 3 heteroatoms. The molecule has 1 unspecified atom stereocenters. The molecule has 0 radical (unpaired) electrons. The van der Waals surface area contributed by atoms with Crippen molar-refractivity contribution in [2.24, 2.45) is 0 Å². The largest absolute Gasteiger partial charge is 0.307 e. The van der Waals surface area contributed by atoms with Gasteiger partial charge in [-0.3, -0.25) is 4.79 Å². The number of carbonyl (C=O) groups excluding carboxylic acids is 1. The summed E-state index contributed by atoms with van der Waals surface area (Å²) < 4.78 is 12.9. The molecule has 1 heterocycles. The number of halogens is 1. The molecule has 1 aromatic carbocycles. The summed E-state index contributed by atoms with van der Waals surface area (Å²) in [5.74, 6) is -0.113. The number of Topliss-reactive ketones (excluding diaryl/α,β-unsaturated/α-hetero) is 1. The van der Waals surface area contributed by atoms with E-state index in [0.29, 0.717) is 6.42 Å². The van der Waals surface area contributed by atoms with Crippen LogP contribution in [0.4, 0.5) is 4.39 Å². The molecule has 0 saturated carbocycles. The van der Waals surface area contributed by atoms with Crippen LogP contribution in [0, 0.1) is 5.82 Å². The van der Waals surface area contributed by atoms with Gasteiger partial charge in [0.1, 0.15) is 5.82 Å². The van der Waals surface area contributed by atoms with Gasteiger partial charge in [0, 0.05) is 6.42 Å². The average molecular weight is 207 g/mol. The molecule has 1 aromatic rings. The van der Waals surface area contributed by atoms with Gasteiger partial charge in [-0.1, -0.05) is 12.1 Å². The van der Waals surface area contributed by atoms with Gasteiger partial charge in [0.25, 0.3) is 0 Å². The summed E-state index contributed by atoms with van der Waals surface area (Å²) in [6.45, 7) is 0.916. The van der Waals surface area contributed by atoms with E-state index in [4.69, 9.17) is 0 Å². The summed E-state index contributed by atoms with van der Waals surface area (Å²) in [7, 11) is 0. The topological polar surface area (TPSA) is 29.1 Å². The third-order valence-electron chi connectivity index (χ3n) is 2.72. The first kappa shape index (κ1) is 10.3. The molecule has 1 fully saturated rings. The molecule has 1 aliphatic rings. The van der Waals surface area contributed by atoms with E-state index in [0.717, 1.165) is 24.9 Å². The molecule has 0 bridgehead atoms. The molecule has 2 rings (SSSR count). The zero-order valence-corrected chi connectivity index (χ0v) is 8.50. The van der Waals surface area contributed by atoms with E-state index >= 15 is 0 Å². The maximum atomic E-state index is 12.9. The minimum atomic E-state index is -0.278. The molecule has 80 valence electrons. The van der Waals surface area contributed by atoms with Gasteiger partial charge in [-0.05, 0) is 37.1 Å². The standard InChI is InChI=1S/C12H14FNO/c13-10-4-1-3-9(7-10)8-12(15)11-5-2-6-14-11/h1,3-4,7,11,14H,2,5-6,8H2. The van der Waals surface area contributed by atoms with Crippen LogP contribution in [-0.4, -0.2) is 18.4 Å². The van der Waals surface area contributed by atoms with Crippen LogP contribution in [0.5, 0.6) is 0 Å². The highest BCUT2D eigenvalue weighted by Crippen LogP contribution is 2.10. The monoisotopic (exact) mass is 207 g/mol. The summed E-state index contributed by atoms with van der Waals surface area (Å²) in [4.78, 5) is 11.7. The summed E-state index contributed by atoms with van der Waals surface area (Å²) in [5, 5.41) is 3.15. The minimum absolute atomic E-state index is 0.0201. The zero-order valence-electron chi connectivity index (χ0n) is 8.50. The maximum absolute atomic E-state index is 12.9. The lowest BCUT2D eigenvalue weighted by molar-refractivity contribution is -0.120. The van der Waals surface area contributed by atoms with Gasteiger partial charge in [0.05, 0.1) is 6.04 Å². The first-order valence-electron chi connectivity index (χ1n) is 5.26. The van der Waals surface area contributed by atoms with Crippen molar-refractivity contribution in [2.45, 2.75) is 25.3 Å². The number of benzene rings is 1. The van der Waals surface area contributed by atoms with Crippen LogP contribution in [0.2, 0.25) is 0 Å². The summed E-state index contributed by atoms with van der Waals surface area (Å²) in [6, 6.07) is 6.22. The normalized spacial score (nSPS) is 20.5. The highest BCUT2D eigenvalue weighted by molar-refractivity contribution is 5.86. The lowest BCUT2D eigenvalue weighted by Crippen LogP contribution is -2.31. The van der Waals surface area contributed by atoms with E-state index in [1.807, 2.05) is 0 Å². The molecule has 1 atom stereocenters. The van der Waals surface area contributed by atoms with E-state index in [1.165, 1.54) is 12.1 Å². The highest BCUT2D eigenvalue weighted by atomic mass is 19.1. The Labute approximate surface area is 88.5 Å². The van der Waals surface area contributed by atoms with E-state index < -0.39 is 0 Å². The number of ketones is 1. The number of rotatable bonds is 3. The van der Waals surface area contributed by atoms with Crippen LogP contribution in [0.15, 0.2) is 24.3 Å². The van der Waals surface area contributed by atoms with Crippen molar-refractivity contribution in [1.29, 1.82) is 0 Å². The van der Waals surface area contributed by atoms with E-state index in [-0.39, 0.29) is 17.6 Å². The van der Waals surface area contributed by atoms with Crippen LogP contribution in [0.25, 0.3) is 0 Å². The van der Waals surface area contributed by atoms with Crippen molar-refractivity contribution >= 4 is 5.78 Å². The predicted octanol–water partition coefficient (Wildman–Crippen LogP) is 1.69. The number of hydrogen-bond donors (Lipinski definition) is 1. The Balaban J connectivity index is 1.99. The second-order valence-electron chi connectivity index (χ2n) is 3.92. The number of hydrogen-bond acceptors (Lipinski definition) is 2. The average Bonchev–Trinajstić information content (AvgIpc) is 2.70. The summed E-state index contributed by atoms with van der Waals surface area (Å²) in [6.07, 6.45) is 2.29. The fraction of sp³-hybridized carbons (Fsp3) is 0.417. The van der Waals surface area contributed by atoms with E-state index in [9.17, 15) is 9.18 Å². The fourth-order valence-corrected chi connectivity index (χ4v) is 1.93. The molecule has 0 aliphatic carbocycles. The number of nitrogens with one attached hydrogen (secondary N) is 1. The second-order valence-corrected chi connectivity index (χ2v) is 3.92. The molecule has 1 saturated heterocycles. The van der Waals surface area contributed by atoms with Crippen LogP contribution in [0.3, 0.4) is 0 Å². The fourth-order valence-electron chi connectivity index (χ4n) is 1.93. The molecule has 1 N–H and O–H groups in total. The Morgan fingerprint density at radius 1 is 1.53 bits per heavy atom. The number of carbonyl (C=O) groups is 1. The van der Waals surface area contributed by atoms with Crippen LogP contribution in [-0.2, 0) is 11.2 Å². The quantitative estimate of drug-likeness (QED) is 0.817. The second kappa shape index (κ2) is 4.53. The van der Waals surface area contributed by atoms with E-state index in [2.05, 4.69) is 5.32 Å². The van der Waals surface area contributed by atoms with Crippen molar-refractivity contribution in [3.05, 3.63) is 35.6 Å². The van der Waals surface area contributed by atoms with Gasteiger partial charge in [-0.15, -0.1) is 0 Å². The van der Waals surface area contributed by atoms with Gasteiger partial charge >= 0.3 is 0 Å². The molecule has 1 aliphatic heterocycles. The van der Waals surface area contributed by atoms with Crippen LogP contribution < -0.4 is 5.32 Å². The molecule has 0 aromatic heterocycles. The van der Waals surface area contributed by atoms with Crippen molar-refractivity contribution < 1.29 is 9.18 Å². The van der Waals surface area contributed by atoms with Gasteiger partial charge in [-0.2, -0.15) is 0 Å². The van der Waals surface area contributed by atoms with Gasteiger partial charge < -0.3 is 5.32 Å². The Kier molecular flexibility index (Phi) is 3.11. The lowest BCUT2D eigenvalue weighted by Gasteiger charge is -2.08. The molecular weight excluding hydrogens is 193 g/mol. The first-order valence-corrected chi connectivity index (χ1v) is 5.26. The van der Waals surface area contributed by atoms with Gasteiger partial charge in [0.15, 0.2) is 5.78 Å². The molecular formula is C12H14FNO. The SMILES string of the molecule is O=C(Cc1cccc(F)c1)C1CCCN1. The Bertz CT molecular complexity index is 358. The first-order chi connectivity index (χ1) is 7.25. The highest BCUT2D eigenvalue weighted by Gasteiger charge is 2.21. The van der Waals surface area contributed by atoms with Crippen molar-refractivity contribution in [3.8, 4) is 0 Å². The lowest BCUT2D eigenvalue weighted by atomic mass is 10.0. The van der Waals surface area contributed by atoms with Crippen molar-refractivity contribution in [2.75, 3.05) is 6.54 Å². The molecule has 15 heavy (non-hydrogen) atoms. The Morgan fingerprint density at radius 2 is 2.40 bits per heavy atom.